The zero-order valence-corrected chi connectivity index (χ0v) is 35.5. The molecular formula is C33H55Cl6N5O8. The van der Waals surface area contributed by atoms with Crippen molar-refractivity contribution in [3.05, 3.63) is 0 Å². The number of halogens is 6. The lowest BCUT2D eigenvalue weighted by molar-refractivity contribution is -0.145. The molecule has 0 aromatic heterocycles. The first-order valence-electron chi connectivity index (χ1n) is 17.1. The van der Waals surface area contributed by atoms with Crippen molar-refractivity contribution < 1.29 is 38.2 Å². The van der Waals surface area contributed by atoms with Crippen molar-refractivity contribution in [2.24, 2.45) is 17.8 Å². The summed E-state index contributed by atoms with van der Waals surface area (Å²) in [6.45, 7) is 11.9. The van der Waals surface area contributed by atoms with E-state index in [2.05, 4.69) is 26.6 Å². The van der Waals surface area contributed by atoms with Gasteiger partial charge in [-0.15, -0.1) is 0 Å². The van der Waals surface area contributed by atoms with Crippen LogP contribution in [0.4, 0.5) is 4.79 Å². The van der Waals surface area contributed by atoms with Crippen molar-refractivity contribution in [1.82, 2.24) is 26.6 Å². The van der Waals surface area contributed by atoms with E-state index >= 15 is 0 Å². The Morgan fingerprint density at radius 2 is 1.02 bits per heavy atom. The van der Waals surface area contributed by atoms with Gasteiger partial charge in [0.25, 0.3) is 0 Å². The quantitative estimate of drug-likeness (QED) is 0.123. The lowest BCUT2D eigenvalue weighted by atomic mass is 9.82. The van der Waals surface area contributed by atoms with E-state index in [9.17, 15) is 28.8 Å². The zero-order chi connectivity index (χ0) is 40.3. The number of alkyl carbamates (subject to hydrolysis) is 1. The van der Waals surface area contributed by atoms with Crippen LogP contribution >= 0.6 is 69.6 Å². The van der Waals surface area contributed by atoms with Gasteiger partial charge in [0.1, 0.15) is 23.7 Å². The first-order valence-corrected chi connectivity index (χ1v) is 19.8. The molecule has 0 unspecified atom stereocenters. The molecule has 52 heavy (non-hydrogen) atoms. The summed E-state index contributed by atoms with van der Waals surface area (Å²) in [5, 5.41) is 14.0. The molecule has 0 aromatic carbocycles. The second-order valence-electron chi connectivity index (χ2n) is 13.9. The third-order valence-corrected chi connectivity index (χ3v) is 8.15. The SMILES string of the molecule is COC(=O)[C@H](C)NC(=O)[C@H]1CCCC[C@H]1NC(=O)[C@@H](NC(=O)[C@H]1CCCC[C@H]1NC(=O)[C@H](C)NC(=O)OC(C)(C)C)C(C)C.ClC(Cl)Cl.ClC(Cl)Cl. The smallest absolute Gasteiger partial charge is 0.408 e. The fraction of sp³-hybridized carbons (Fsp3) is 0.818. The molecule has 5 amide bonds. The number of esters is 1. The molecule has 0 heterocycles. The molecule has 2 rings (SSSR count). The molecule has 5 N–H and O–H groups in total. The number of hydrogen-bond donors (Lipinski definition) is 5. The van der Waals surface area contributed by atoms with Gasteiger partial charge in [-0.2, -0.15) is 0 Å². The highest BCUT2D eigenvalue weighted by Gasteiger charge is 2.38. The van der Waals surface area contributed by atoms with Crippen LogP contribution in [-0.2, 0) is 33.4 Å². The van der Waals surface area contributed by atoms with Crippen LogP contribution in [0.5, 0.6) is 0 Å². The summed E-state index contributed by atoms with van der Waals surface area (Å²) >= 11 is 28.8. The van der Waals surface area contributed by atoms with E-state index in [1.165, 1.54) is 7.11 Å². The summed E-state index contributed by atoms with van der Waals surface area (Å²) in [5.41, 5.74) is -0.709. The lowest BCUT2D eigenvalue weighted by Crippen LogP contribution is -2.59. The average Bonchev–Trinajstić information content (AvgIpc) is 3.01. The van der Waals surface area contributed by atoms with Crippen molar-refractivity contribution in [2.45, 2.75) is 144 Å². The second-order valence-corrected chi connectivity index (χ2v) is 17.8. The Hall–Kier alpha value is -1.64. The highest BCUT2D eigenvalue weighted by atomic mass is 35.6. The van der Waals surface area contributed by atoms with Gasteiger partial charge in [0.2, 0.25) is 23.6 Å². The molecule has 2 fully saturated rings. The number of alkyl halides is 6. The predicted molar refractivity (Wildman–Crippen MR) is 206 cm³/mol. The summed E-state index contributed by atoms with van der Waals surface area (Å²) < 4.78 is 8.43. The molecular weight excluding hydrogens is 807 g/mol. The van der Waals surface area contributed by atoms with E-state index in [-0.39, 0.29) is 23.6 Å². The molecule has 0 saturated heterocycles. The van der Waals surface area contributed by atoms with Gasteiger partial charge < -0.3 is 36.1 Å². The monoisotopic (exact) mass is 859 g/mol. The minimum atomic E-state index is -0.874. The number of carbonyl (C=O) groups excluding carboxylic acids is 6. The first kappa shape index (κ1) is 50.4. The second kappa shape index (κ2) is 25.4. The van der Waals surface area contributed by atoms with E-state index in [1.54, 1.807) is 34.6 Å². The molecule has 2 saturated carbocycles. The van der Waals surface area contributed by atoms with Gasteiger partial charge in [0, 0.05) is 12.1 Å². The molecule has 19 heteroatoms. The van der Waals surface area contributed by atoms with Crippen LogP contribution in [0.15, 0.2) is 0 Å². The van der Waals surface area contributed by atoms with E-state index in [0.29, 0.717) is 25.7 Å². The Kier molecular flexibility index (Phi) is 24.6. The van der Waals surface area contributed by atoms with Crippen LogP contribution in [0.1, 0.15) is 99.8 Å². The average molecular weight is 863 g/mol. The highest BCUT2D eigenvalue weighted by Crippen LogP contribution is 2.27. The molecule has 0 bridgehead atoms. The molecule has 0 radical (unpaired) electrons. The maximum absolute atomic E-state index is 13.6. The number of carbonyl (C=O) groups is 6. The summed E-state index contributed by atoms with van der Waals surface area (Å²) in [6.07, 6.45) is 4.88. The van der Waals surface area contributed by atoms with Gasteiger partial charge in [0.15, 0.2) is 8.59 Å². The fourth-order valence-corrected chi connectivity index (χ4v) is 5.72. The minimum Gasteiger partial charge on any atom is -0.467 e. The van der Waals surface area contributed by atoms with Gasteiger partial charge in [-0.25, -0.2) is 9.59 Å². The highest BCUT2D eigenvalue weighted by molar-refractivity contribution is 6.63. The predicted octanol–water partition coefficient (Wildman–Crippen LogP) is 6.04. The Morgan fingerprint density at radius 3 is 1.42 bits per heavy atom. The van der Waals surface area contributed by atoms with E-state index in [1.807, 2.05) is 13.8 Å². The summed E-state index contributed by atoms with van der Waals surface area (Å²) in [5.74, 6) is -3.34. The number of ether oxygens (including phenoxy) is 2. The van der Waals surface area contributed by atoms with Gasteiger partial charge in [-0.05, 0) is 66.2 Å². The third-order valence-electron chi connectivity index (χ3n) is 8.15. The van der Waals surface area contributed by atoms with Crippen LogP contribution in [-0.4, -0.2) is 87.2 Å². The van der Waals surface area contributed by atoms with Gasteiger partial charge in [0.05, 0.1) is 18.9 Å². The van der Waals surface area contributed by atoms with Crippen LogP contribution < -0.4 is 26.6 Å². The minimum absolute atomic E-state index is 0.246. The molecule has 0 aromatic rings. The van der Waals surface area contributed by atoms with Crippen molar-refractivity contribution in [1.29, 1.82) is 0 Å². The number of methoxy groups -OCH3 is 1. The lowest BCUT2D eigenvalue weighted by Gasteiger charge is -2.35. The largest absolute Gasteiger partial charge is 0.467 e. The first-order chi connectivity index (χ1) is 24.0. The Bertz CT molecular complexity index is 1150. The third kappa shape index (κ3) is 21.3. The van der Waals surface area contributed by atoms with E-state index < -0.39 is 74.2 Å². The summed E-state index contributed by atoms with van der Waals surface area (Å²) in [6, 6.07) is -3.44. The topological polar surface area (TPSA) is 181 Å². The normalized spacial score (nSPS) is 21.8. The van der Waals surface area contributed by atoms with Crippen molar-refractivity contribution >= 4 is 105 Å². The van der Waals surface area contributed by atoms with E-state index in [4.69, 9.17) is 79.1 Å². The number of nitrogens with one attached hydrogen (secondary N) is 5. The number of rotatable bonds is 11. The molecule has 13 nitrogen and oxygen atoms in total. The maximum Gasteiger partial charge on any atom is 0.408 e. The van der Waals surface area contributed by atoms with E-state index in [0.717, 1.165) is 25.7 Å². The molecule has 2 aliphatic carbocycles. The van der Waals surface area contributed by atoms with Gasteiger partial charge >= 0.3 is 12.1 Å². The van der Waals surface area contributed by atoms with Gasteiger partial charge in [-0.3, -0.25) is 19.2 Å². The zero-order valence-electron chi connectivity index (χ0n) is 31.0. The van der Waals surface area contributed by atoms with Crippen LogP contribution in [0.25, 0.3) is 0 Å². The van der Waals surface area contributed by atoms with Crippen molar-refractivity contribution in [3.63, 3.8) is 0 Å². The number of amides is 5. The van der Waals surface area contributed by atoms with Crippen molar-refractivity contribution in [2.75, 3.05) is 7.11 Å². The fourth-order valence-electron chi connectivity index (χ4n) is 5.72. The van der Waals surface area contributed by atoms with Crippen molar-refractivity contribution in [3.8, 4) is 0 Å². The molecule has 302 valence electrons. The Labute approximate surface area is 337 Å². The molecule has 0 aliphatic heterocycles. The molecule has 0 spiro atoms. The number of hydrogen-bond acceptors (Lipinski definition) is 8. The van der Waals surface area contributed by atoms with Gasteiger partial charge in [-0.1, -0.05) is 109 Å². The maximum atomic E-state index is 13.6. The Balaban J connectivity index is 0.00000293. The Morgan fingerprint density at radius 1 is 0.615 bits per heavy atom. The molecule has 2 aliphatic rings. The summed E-state index contributed by atoms with van der Waals surface area (Å²) in [7, 11) is 1.25. The standard InChI is InChI=1S/C31H53N5O8.2CHCl3/c1-17(2)24(28(40)35-23-16-12-9-13-20(23)26(38)32-19(4)29(41)43-8)36-27(39)21-14-10-11-15-22(21)34-25(37)18(3)33-30(42)44-31(5,6)7;2*2-1(3)4/h17-24H,9-16H2,1-8H3,(H,32,38)(H,33,42)(H,34,37)(H,35,40)(H,36,39);2*1H/t18-,19-,20-,21-,22+,23+,24-;;/m0../s1. The van der Waals surface area contributed by atoms with Crippen LogP contribution in [0, 0.1) is 17.8 Å². The summed E-state index contributed by atoms with van der Waals surface area (Å²) in [4.78, 5) is 76.9. The van der Waals surface area contributed by atoms with Crippen LogP contribution in [0.3, 0.4) is 0 Å². The molecule has 7 atom stereocenters. The van der Waals surface area contributed by atoms with Crippen LogP contribution in [0.2, 0.25) is 0 Å².